The molecule has 1 N–H and O–H groups in total. The number of aryl methyl sites for hydroxylation is 1. The molecule has 1 atom stereocenters. The average molecular weight is 297 g/mol. The molecule has 4 heteroatoms. The molecule has 2 heterocycles. The molecule has 3 rings (SSSR count). The Balaban J connectivity index is 2.03. The molecule has 1 fully saturated rings. The summed E-state index contributed by atoms with van der Waals surface area (Å²) in [6, 6.07) is 12.7. The molecule has 1 aliphatic rings. The lowest BCUT2D eigenvalue weighted by Gasteiger charge is -2.35. The van der Waals surface area contributed by atoms with Crippen molar-refractivity contribution in [2.24, 2.45) is 0 Å². The first-order valence-electron chi connectivity index (χ1n) is 7.80. The number of aromatic nitrogens is 1. The minimum absolute atomic E-state index is 0.138. The van der Waals surface area contributed by atoms with Crippen molar-refractivity contribution in [3.63, 3.8) is 0 Å². The third kappa shape index (κ3) is 3.13. The van der Waals surface area contributed by atoms with Crippen LogP contribution in [0.1, 0.15) is 22.9 Å². The Kier molecular flexibility index (Phi) is 4.71. The van der Waals surface area contributed by atoms with E-state index in [2.05, 4.69) is 46.4 Å². The van der Waals surface area contributed by atoms with Crippen LogP contribution in [0.15, 0.2) is 42.6 Å². The van der Waals surface area contributed by atoms with Crippen LogP contribution in [0.5, 0.6) is 5.75 Å². The highest BCUT2D eigenvalue weighted by molar-refractivity contribution is 5.40. The van der Waals surface area contributed by atoms with Gasteiger partial charge in [-0.15, -0.1) is 0 Å². The van der Waals surface area contributed by atoms with E-state index in [4.69, 9.17) is 4.74 Å². The summed E-state index contributed by atoms with van der Waals surface area (Å²) in [6.45, 7) is 6.12. The van der Waals surface area contributed by atoms with Crippen molar-refractivity contribution < 1.29 is 4.74 Å². The van der Waals surface area contributed by atoms with Gasteiger partial charge in [0.1, 0.15) is 5.75 Å². The highest BCUT2D eigenvalue weighted by Gasteiger charge is 2.27. The molecule has 0 spiro atoms. The molecule has 2 aromatic rings. The highest BCUT2D eigenvalue weighted by atomic mass is 16.5. The molecule has 1 unspecified atom stereocenters. The summed E-state index contributed by atoms with van der Waals surface area (Å²) in [7, 11) is 1.73. The molecular formula is C18H23N3O. The van der Waals surface area contributed by atoms with Crippen LogP contribution in [-0.4, -0.2) is 43.2 Å². The SMILES string of the molecule is COc1ccccc1C(c1ccc(C)cn1)N1CCNCC1. The van der Waals surface area contributed by atoms with Gasteiger partial charge >= 0.3 is 0 Å². The topological polar surface area (TPSA) is 37.4 Å². The predicted octanol–water partition coefficient (Wildman–Crippen LogP) is 2.39. The summed E-state index contributed by atoms with van der Waals surface area (Å²) in [4.78, 5) is 7.17. The first kappa shape index (κ1) is 15.0. The number of rotatable bonds is 4. The van der Waals surface area contributed by atoms with Crippen LogP contribution in [0.3, 0.4) is 0 Å². The summed E-state index contributed by atoms with van der Waals surface area (Å²) < 4.78 is 5.59. The Bertz CT molecular complexity index is 606. The van der Waals surface area contributed by atoms with Crippen molar-refractivity contribution in [1.82, 2.24) is 15.2 Å². The number of ether oxygens (including phenoxy) is 1. The molecule has 22 heavy (non-hydrogen) atoms. The number of pyridine rings is 1. The standard InChI is InChI=1S/C18H23N3O/c1-14-7-8-16(20-13-14)18(21-11-9-19-10-12-21)15-5-3-4-6-17(15)22-2/h3-8,13,18-19H,9-12H2,1-2H3. The second kappa shape index (κ2) is 6.90. The van der Waals surface area contributed by atoms with Gasteiger partial charge in [0.05, 0.1) is 18.8 Å². The molecule has 1 aliphatic heterocycles. The number of hydrogen-bond donors (Lipinski definition) is 1. The van der Waals surface area contributed by atoms with Gasteiger partial charge in [0, 0.05) is 37.9 Å². The molecule has 116 valence electrons. The minimum atomic E-state index is 0.138. The Morgan fingerprint density at radius 1 is 1.14 bits per heavy atom. The molecule has 0 aliphatic carbocycles. The average Bonchev–Trinajstić information content (AvgIpc) is 2.58. The van der Waals surface area contributed by atoms with E-state index in [1.807, 2.05) is 18.3 Å². The van der Waals surface area contributed by atoms with Gasteiger partial charge in [-0.1, -0.05) is 24.3 Å². The van der Waals surface area contributed by atoms with Crippen molar-refractivity contribution >= 4 is 0 Å². The Hall–Kier alpha value is -1.91. The quantitative estimate of drug-likeness (QED) is 0.940. The lowest BCUT2D eigenvalue weighted by atomic mass is 9.99. The van der Waals surface area contributed by atoms with Crippen molar-refractivity contribution in [2.75, 3.05) is 33.3 Å². The van der Waals surface area contributed by atoms with Gasteiger partial charge in [-0.3, -0.25) is 9.88 Å². The van der Waals surface area contributed by atoms with Crippen LogP contribution >= 0.6 is 0 Å². The summed E-state index contributed by atoms with van der Waals surface area (Å²) in [5, 5.41) is 3.42. The van der Waals surface area contributed by atoms with Crippen LogP contribution in [0.2, 0.25) is 0 Å². The van der Waals surface area contributed by atoms with Gasteiger partial charge in [0.15, 0.2) is 0 Å². The van der Waals surface area contributed by atoms with E-state index in [-0.39, 0.29) is 6.04 Å². The van der Waals surface area contributed by atoms with E-state index in [9.17, 15) is 0 Å². The first-order valence-corrected chi connectivity index (χ1v) is 7.80. The fraction of sp³-hybridized carbons (Fsp3) is 0.389. The number of para-hydroxylation sites is 1. The maximum atomic E-state index is 5.59. The van der Waals surface area contributed by atoms with E-state index in [1.54, 1.807) is 7.11 Å². The Labute approximate surface area is 132 Å². The Morgan fingerprint density at radius 2 is 1.91 bits per heavy atom. The predicted molar refractivity (Wildman–Crippen MR) is 88.3 cm³/mol. The van der Waals surface area contributed by atoms with Crippen LogP contribution in [0, 0.1) is 6.92 Å². The molecule has 0 radical (unpaired) electrons. The summed E-state index contributed by atoms with van der Waals surface area (Å²) >= 11 is 0. The van der Waals surface area contributed by atoms with Crippen LogP contribution < -0.4 is 10.1 Å². The zero-order valence-corrected chi connectivity index (χ0v) is 13.2. The number of nitrogens with zero attached hydrogens (tertiary/aromatic N) is 2. The summed E-state index contributed by atoms with van der Waals surface area (Å²) in [5.41, 5.74) is 3.45. The molecule has 0 bridgehead atoms. The Morgan fingerprint density at radius 3 is 2.59 bits per heavy atom. The number of nitrogens with one attached hydrogen (secondary N) is 1. The number of benzene rings is 1. The van der Waals surface area contributed by atoms with Gasteiger partial charge in [0.25, 0.3) is 0 Å². The summed E-state index contributed by atoms with van der Waals surface area (Å²) in [6.07, 6.45) is 1.94. The fourth-order valence-corrected chi connectivity index (χ4v) is 3.02. The molecule has 1 saturated heterocycles. The zero-order valence-electron chi connectivity index (χ0n) is 13.2. The third-order valence-electron chi connectivity index (χ3n) is 4.16. The lowest BCUT2D eigenvalue weighted by molar-refractivity contribution is 0.192. The molecule has 1 aromatic carbocycles. The van der Waals surface area contributed by atoms with Crippen molar-refractivity contribution in [3.05, 3.63) is 59.4 Å². The van der Waals surface area contributed by atoms with E-state index in [0.717, 1.165) is 37.6 Å². The molecule has 0 saturated carbocycles. The molecule has 4 nitrogen and oxygen atoms in total. The lowest BCUT2D eigenvalue weighted by Crippen LogP contribution is -2.45. The van der Waals surface area contributed by atoms with Gasteiger partial charge in [-0.25, -0.2) is 0 Å². The van der Waals surface area contributed by atoms with Gasteiger partial charge in [-0.2, -0.15) is 0 Å². The van der Waals surface area contributed by atoms with Crippen LogP contribution in [0.4, 0.5) is 0 Å². The monoisotopic (exact) mass is 297 g/mol. The summed E-state index contributed by atoms with van der Waals surface area (Å²) in [5.74, 6) is 0.924. The minimum Gasteiger partial charge on any atom is -0.496 e. The zero-order chi connectivity index (χ0) is 15.4. The maximum absolute atomic E-state index is 5.59. The number of methoxy groups -OCH3 is 1. The third-order valence-corrected chi connectivity index (χ3v) is 4.16. The van der Waals surface area contributed by atoms with Crippen molar-refractivity contribution in [3.8, 4) is 5.75 Å². The van der Waals surface area contributed by atoms with Gasteiger partial charge in [-0.05, 0) is 24.6 Å². The first-order chi connectivity index (χ1) is 10.8. The molecule has 0 amide bonds. The second-order valence-electron chi connectivity index (χ2n) is 5.69. The smallest absolute Gasteiger partial charge is 0.124 e. The van der Waals surface area contributed by atoms with Gasteiger partial charge in [0.2, 0.25) is 0 Å². The number of piperazine rings is 1. The highest BCUT2D eigenvalue weighted by Crippen LogP contribution is 2.33. The van der Waals surface area contributed by atoms with Crippen LogP contribution in [-0.2, 0) is 0 Å². The van der Waals surface area contributed by atoms with Crippen LogP contribution in [0.25, 0.3) is 0 Å². The second-order valence-corrected chi connectivity index (χ2v) is 5.69. The van der Waals surface area contributed by atoms with E-state index in [1.165, 1.54) is 11.1 Å². The van der Waals surface area contributed by atoms with E-state index in [0.29, 0.717) is 0 Å². The van der Waals surface area contributed by atoms with Crippen molar-refractivity contribution in [2.45, 2.75) is 13.0 Å². The molecular weight excluding hydrogens is 274 g/mol. The molecule has 1 aromatic heterocycles. The fourth-order valence-electron chi connectivity index (χ4n) is 3.02. The number of hydrogen-bond acceptors (Lipinski definition) is 4. The normalized spacial score (nSPS) is 17.2. The maximum Gasteiger partial charge on any atom is 0.124 e. The van der Waals surface area contributed by atoms with Gasteiger partial charge < -0.3 is 10.1 Å². The van der Waals surface area contributed by atoms with E-state index < -0.39 is 0 Å². The largest absolute Gasteiger partial charge is 0.496 e. The van der Waals surface area contributed by atoms with E-state index >= 15 is 0 Å². The van der Waals surface area contributed by atoms with Crippen molar-refractivity contribution in [1.29, 1.82) is 0 Å².